The van der Waals surface area contributed by atoms with Gasteiger partial charge in [-0.1, -0.05) is 39.3 Å². The molecule has 0 bridgehead atoms. The van der Waals surface area contributed by atoms with Crippen LogP contribution >= 0.6 is 0 Å². The molecule has 1 aliphatic carbocycles. The lowest BCUT2D eigenvalue weighted by atomic mass is 9.74. The molecule has 1 fully saturated rings. The molecule has 0 aliphatic heterocycles. The minimum absolute atomic E-state index is 0.154. The molecular weight excluding hydrogens is 265 g/mol. The van der Waals surface area contributed by atoms with Gasteiger partial charge in [-0.3, -0.25) is 4.79 Å². The average Bonchev–Trinajstić information content (AvgIpc) is 2.41. The van der Waals surface area contributed by atoms with E-state index in [1.54, 1.807) is 25.1 Å². The fourth-order valence-electron chi connectivity index (χ4n) is 3.44. The Kier molecular flexibility index (Phi) is 5.02. The van der Waals surface area contributed by atoms with Gasteiger partial charge in [0.05, 0.1) is 5.56 Å². The van der Waals surface area contributed by atoms with Crippen LogP contribution in [0.15, 0.2) is 18.2 Å². The van der Waals surface area contributed by atoms with Gasteiger partial charge in [0.2, 0.25) is 0 Å². The second-order valence-electron chi connectivity index (χ2n) is 6.84. The third-order valence-electron chi connectivity index (χ3n) is 4.78. The van der Waals surface area contributed by atoms with Gasteiger partial charge in [0.15, 0.2) is 0 Å². The number of amides is 1. The molecule has 116 valence electrons. The molecule has 1 aromatic rings. The van der Waals surface area contributed by atoms with Crippen LogP contribution in [0.1, 0.15) is 56.0 Å². The van der Waals surface area contributed by atoms with E-state index in [1.165, 1.54) is 6.42 Å². The summed E-state index contributed by atoms with van der Waals surface area (Å²) in [6, 6.07) is 5.14. The van der Waals surface area contributed by atoms with E-state index in [-0.39, 0.29) is 17.5 Å². The van der Waals surface area contributed by atoms with Crippen LogP contribution in [0.3, 0.4) is 0 Å². The first kappa shape index (κ1) is 16.0. The van der Waals surface area contributed by atoms with Gasteiger partial charge in [-0.05, 0) is 49.1 Å². The average molecular weight is 291 g/mol. The van der Waals surface area contributed by atoms with Crippen molar-refractivity contribution in [2.75, 3.05) is 0 Å². The molecule has 3 atom stereocenters. The van der Waals surface area contributed by atoms with Gasteiger partial charge in [-0.2, -0.15) is 0 Å². The highest BCUT2D eigenvalue weighted by atomic mass is 19.1. The topological polar surface area (TPSA) is 29.1 Å². The smallest absolute Gasteiger partial charge is 0.254 e. The van der Waals surface area contributed by atoms with Crippen LogP contribution in [0, 0.1) is 30.5 Å². The van der Waals surface area contributed by atoms with E-state index in [0.717, 1.165) is 12.8 Å². The van der Waals surface area contributed by atoms with E-state index < -0.39 is 5.82 Å². The number of benzene rings is 1. The molecule has 1 saturated carbocycles. The van der Waals surface area contributed by atoms with Gasteiger partial charge in [-0.25, -0.2) is 4.39 Å². The molecule has 21 heavy (non-hydrogen) atoms. The third kappa shape index (κ3) is 3.63. The summed E-state index contributed by atoms with van der Waals surface area (Å²) in [6.45, 7) is 8.31. The number of rotatable bonds is 3. The number of nitrogens with one attached hydrogen (secondary N) is 1. The first-order valence-electron chi connectivity index (χ1n) is 7.96. The van der Waals surface area contributed by atoms with Crippen LogP contribution in [0.4, 0.5) is 4.39 Å². The maximum Gasteiger partial charge on any atom is 0.254 e. The minimum atomic E-state index is -0.403. The van der Waals surface area contributed by atoms with E-state index in [9.17, 15) is 9.18 Å². The molecule has 3 heteroatoms. The zero-order chi connectivity index (χ0) is 15.6. The van der Waals surface area contributed by atoms with Crippen molar-refractivity contribution < 1.29 is 9.18 Å². The molecular formula is C18H26FNO. The van der Waals surface area contributed by atoms with Gasteiger partial charge in [0.1, 0.15) is 5.82 Å². The monoisotopic (exact) mass is 291 g/mol. The predicted molar refractivity (Wildman–Crippen MR) is 83.7 cm³/mol. The first-order valence-corrected chi connectivity index (χ1v) is 7.96. The number of carbonyl (C=O) groups is 1. The maximum atomic E-state index is 14.1. The number of hydrogen-bond acceptors (Lipinski definition) is 1. The van der Waals surface area contributed by atoms with Crippen molar-refractivity contribution in [1.29, 1.82) is 0 Å². The summed E-state index contributed by atoms with van der Waals surface area (Å²) in [5.74, 6) is 0.955. The number of halogens is 1. The number of hydrogen-bond donors (Lipinski definition) is 1. The molecule has 2 nitrogen and oxygen atoms in total. The van der Waals surface area contributed by atoms with Crippen LogP contribution in [-0.4, -0.2) is 11.9 Å². The second-order valence-corrected chi connectivity index (χ2v) is 6.84. The van der Waals surface area contributed by atoms with Gasteiger partial charge in [0.25, 0.3) is 5.91 Å². The van der Waals surface area contributed by atoms with Gasteiger partial charge >= 0.3 is 0 Å². The fourth-order valence-corrected chi connectivity index (χ4v) is 3.44. The van der Waals surface area contributed by atoms with Crippen molar-refractivity contribution in [1.82, 2.24) is 5.32 Å². The largest absolute Gasteiger partial charge is 0.349 e. The molecule has 0 heterocycles. The highest BCUT2D eigenvalue weighted by Crippen LogP contribution is 2.33. The second kappa shape index (κ2) is 6.59. The Morgan fingerprint density at radius 2 is 2.05 bits per heavy atom. The normalized spacial score (nSPS) is 25.9. The zero-order valence-electron chi connectivity index (χ0n) is 13.4. The van der Waals surface area contributed by atoms with Crippen LogP contribution < -0.4 is 5.32 Å². The number of carbonyl (C=O) groups excluding carboxylic acids is 1. The predicted octanol–water partition coefficient (Wildman–Crippen LogP) is 4.32. The summed E-state index contributed by atoms with van der Waals surface area (Å²) >= 11 is 0. The maximum absolute atomic E-state index is 14.1. The molecule has 0 aromatic heterocycles. The highest BCUT2D eigenvalue weighted by Gasteiger charge is 2.32. The lowest BCUT2D eigenvalue weighted by molar-refractivity contribution is 0.0863. The van der Waals surface area contributed by atoms with Crippen molar-refractivity contribution in [3.05, 3.63) is 35.1 Å². The van der Waals surface area contributed by atoms with Crippen LogP contribution in [0.2, 0.25) is 0 Å². The minimum Gasteiger partial charge on any atom is -0.349 e. The quantitative estimate of drug-likeness (QED) is 0.882. The third-order valence-corrected chi connectivity index (χ3v) is 4.78. The van der Waals surface area contributed by atoms with E-state index in [4.69, 9.17) is 0 Å². The van der Waals surface area contributed by atoms with E-state index in [2.05, 4.69) is 26.1 Å². The lowest BCUT2D eigenvalue weighted by Gasteiger charge is -2.37. The Hall–Kier alpha value is -1.38. The first-order chi connectivity index (χ1) is 9.90. The Balaban J connectivity index is 2.14. The SMILES string of the molecule is Cc1cccc(C(=O)NC2CC(C)CCC2C(C)C)c1F. The molecule has 1 aromatic carbocycles. The molecule has 2 rings (SSSR count). The van der Waals surface area contributed by atoms with Crippen molar-refractivity contribution in [3.8, 4) is 0 Å². The lowest BCUT2D eigenvalue weighted by Crippen LogP contribution is -2.45. The highest BCUT2D eigenvalue weighted by molar-refractivity contribution is 5.94. The number of aryl methyl sites for hydroxylation is 1. The van der Waals surface area contributed by atoms with E-state index in [1.807, 2.05) is 0 Å². The fraction of sp³-hybridized carbons (Fsp3) is 0.611. The molecule has 1 N–H and O–H groups in total. The summed E-state index contributed by atoms with van der Waals surface area (Å²) in [4.78, 5) is 12.4. The van der Waals surface area contributed by atoms with Crippen molar-refractivity contribution in [3.63, 3.8) is 0 Å². The van der Waals surface area contributed by atoms with Gasteiger partial charge in [0, 0.05) is 6.04 Å². The summed E-state index contributed by atoms with van der Waals surface area (Å²) in [6.07, 6.45) is 3.34. The van der Waals surface area contributed by atoms with Crippen molar-refractivity contribution >= 4 is 5.91 Å². The zero-order valence-corrected chi connectivity index (χ0v) is 13.4. The Bertz CT molecular complexity index is 512. The summed E-state index contributed by atoms with van der Waals surface area (Å²) in [5, 5.41) is 3.09. The molecule has 3 unspecified atom stereocenters. The van der Waals surface area contributed by atoms with Gasteiger partial charge < -0.3 is 5.32 Å². The van der Waals surface area contributed by atoms with E-state index >= 15 is 0 Å². The summed E-state index contributed by atoms with van der Waals surface area (Å²) in [5.41, 5.74) is 0.677. The molecule has 1 aliphatic rings. The van der Waals surface area contributed by atoms with Crippen LogP contribution in [0.25, 0.3) is 0 Å². The summed E-state index contributed by atoms with van der Waals surface area (Å²) < 4.78 is 14.1. The van der Waals surface area contributed by atoms with Crippen LogP contribution in [-0.2, 0) is 0 Å². The molecule has 0 saturated heterocycles. The van der Waals surface area contributed by atoms with Crippen LogP contribution in [0.5, 0.6) is 0 Å². The van der Waals surface area contributed by atoms with Crippen molar-refractivity contribution in [2.24, 2.45) is 17.8 Å². The molecule has 1 amide bonds. The Morgan fingerprint density at radius 1 is 1.33 bits per heavy atom. The van der Waals surface area contributed by atoms with Crippen molar-refractivity contribution in [2.45, 2.75) is 53.0 Å². The molecule has 0 radical (unpaired) electrons. The van der Waals surface area contributed by atoms with Gasteiger partial charge in [-0.15, -0.1) is 0 Å². The molecule has 0 spiro atoms. The van der Waals surface area contributed by atoms with E-state index in [0.29, 0.717) is 23.3 Å². The standard InChI is InChI=1S/C18H26FNO/c1-11(2)14-9-8-12(3)10-16(14)20-18(21)15-7-5-6-13(4)17(15)19/h5-7,11-12,14,16H,8-10H2,1-4H3,(H,20,21). The Labute approximate surface area is 127 Å². The summed E-state index contributed by atoms with van der Waals surface area (Å²) in [7, 11) is 0. The Morgan fingerprint density at radius 3 is 2.71 bits per heavy atom.